The summed E-state index contributed by atoms with van der Waals surface area (Å²) in [5.74, 6) is 0.367. The first-order valence-electron chi connectivity index (χ1n) is 6.31. The molecule has 0 bridgehead atoms. The topological polar surface area (TPSA) is 51.2 Å². The van der Waals surface area contributed by atoms with Gasteiger partial charge in [-0.25, -0.2) is 9.78 Å². The number of hydrogen-bond donors (Lipinski definition) is 1. The molecule has 0 unspecified atom stereocenters. The summed E-state index contributed by atoms with van der Waals surface area (Å²) < 4.78 is 5.96. The molecule has 104 valence electrons. The van der Waals surface area contributed by atoms with Gasteiger partial charge in [-0.15, -0.1) is 0 Å². The first-order chi connectivity index (χ1) is 9.70. The molecule has 0 aliphatic rings. The highest BCUT2D eigenvalue weighted by molar-refractivity contribution is 9.10. The summed E-state index contributed by atoms with van der Waals surface area (Å²) in [6, 6.07) is 11.5. The van der Waals surface area contributed by atoms with Gasteiger partial charge in [0, 0.05) is 17.2 Å². The van der Waals surface area contributed by atoms with E-state index in [1.807, 2.05) is 24.3 Å². The summed E-state index contributed by atoms with van der Waals surface area (Å²) >= 11 is 3.50. The number of benzene rings is 1. The van der Waals surface area contributed by atoms with Crippen LogP contribution < -0.4 is 5.32 Å². The van der Waals surface area contributed by atoms with Crippen LogP contribution in [0.25, 0.3) is 0 Å². The lowest BCUT2D eigenvalue weighted by Crippen LogP contribution is -2.06. The van der Waals surface area contributed by atoms with Crippen LogP contribution in [0.4, 0.5) is 5.82 Å². The van der Waals surface area contributed by atoms with Crippen LogP contribution in [0.5, 0.6) is 0 Å². The van der Waals surface area contributed by atoms with Crippen LogP contribution in [0, 0.1) is 0 Å². The second kappa shape index (κ2) is 7.05. The summed E-state index contributed by atoms with van der Waals surface area (Å²) in [7, 11) is 0. The van der Waals surface area contributed by atoms with E-state index in [4.69, 9.17) is 4.74 Å². The molecule has 0 aliphatic heterocycles. The van der Waals surface area contributed by atoms with Gasteiger partial charge in [-0.3, -0.25) is 0 Å². The molecule has 1 aromatic carbocycles. The number of anilines is 1. The van der Waals surface area contributed by atoms with Gasteiger partial charge in [0.05, 0.1) is 12.2 Å². The summed E-state index contributed by atoms with van der Waals surface area (Å²) in [6.45, 7) is 2.80. The summed E-state index contributed by atoms with van der Waals surface area (Å²) in [5.41, 5.74) is 1.60. The third kappa shape index (κ3) is 3.81. The molecule has 20 heavy (non-hydrogen) atoms. The number of carbonyl (C=O) groups excluding carboxylic acids is 1. The van der Waals surface area contributed by atoms with E-state index in [1.54, 1.807) is 19.1 Å². The van der Waals surface area contributed by atoms with Gasteiger partial charge in [-0.05, 0) is 30.7 Å². The molecule has 1 heterocycles. The number of aromatic nitrogens is 1. The van der Waals surface area contributed by atoms with E-state index >= 15 is 0 Å². The Kier molecular flexibility index (Phi) is 5.12. The molecule has 1 N–H and O–H groups in total. The zero-order valence-corrected chi connectivity index (χ0v) is 12.7. The Hall–Kier alpha value is -1.88. The van der Waals surface area contributed by atoms with Crippen LogP contribution in [0.15, 0.2) is 47.1 Å². The summed E-state index contributed by atoms with van der Waals surface area (Å²) in [5, 5.41) is 3.21. The number of hydrogen-bond acceptors (Lipinski definition) is 4. The molecule has 5 heteroatoms. The molecule has 0 saturated heterocycles. The van der Waals surface area contributed by atoms with Crippen molar-refractivity contribution >= 4 is 27.7 Å². The molecular weight excluding hydrogens is 320 g/mol. The van der Waals surface area contributed by atoms with E-state index in [-0.39, 0.29) is 5.97 Å². The minimum atomic E-state index is -0.350. The quantitative estimate of drug-likeness (QED) is 0.848. The normalized spacial score (nSPS) is 10.1. The largest absolute Gasteiger partial charge is 0.462 e. The first-order valence-corrected chi connectivity index (χ1v) is 7.10. The smallest absolute Gasteiger partial charge is 0.339 e. The second-order valence-corrected chi connectivity index (χ2v) is 4.95. The first kappa shape index (κ1) is 14.5. The molecule has 0 radical (unpaired) electrons. The van der Waals surface area contributed by atoms with Gasteiger partial charge in [-0.1, -0.05) is 34.1 Å². The molecular formula is C15H15BrN2O2. The fourth-order valence-corrected chi connectivity index (χ4v) is 2.09. The Morgan fingerprint density at radius 1 is 1.30 bits per heavy atom. The lowest BCUT2D eigenvalue weighted by atomic mass is 10.2. The Labute approximate surface area is 126 Å². The molecule has 1 aromatic heterocycles. The molecule has 0 spiro atoms. The number of halogens is 1. The van der Waals surface area contributed by atoms with Gasteiger partial charge in [0.15, 0.2) is 0 Å². The van der Waals surface area contributed by atoms with Crippen molar-refractivity contribution in [3.63, 3.8) is 0 Å². The van der Waals surface area contributed by atoms with E-state index in [1.165, 1.54) is 6.20 Å². The summed E-state index contributed by atoms with van der Waals surface area (Å²) in [4.78, 5) is 15.7. The van der Waals surface area contributed by atoms with Crippen LogP contribution in [-0.2, 0) is 11.3 Å². The maximum atomic E-state index is 11.5. The molecule has 0 saturated carbocycles. The van der Waals surface area contributed by atoms with Crippen LogP contribution in [0.1, 0.15) is 22.8 Å². The van der Waals surface area contributed by atoms with Gasteiger partial charge in [0.1, 0.15) is 5.82 Å². The number of carbonyl (C=O) groups is 1. The van der Waals surface area contributed by atoms with Crippen molar-refractivity contribution in [2.75, 3.05) is 11.9 Å². The second-order valence-electron chi connectivity index (χ2n) is 4.10. The van der Waals surface area contributed by atoms with Crippen LogP contribution >= 0.6 is 15.9 Å². The minimum absolute atomic E-state index is 0.350. The third-order valence-corrected chi connectivity index (χ3v) is 3.47. The van der Waals surface area contributed by atoms with E-state index < -0.39 is 0 Å². The minimum Gasteiger partial charge on any atom is -0.462 e. The number of nitrogens with zero attached hydrogens (tertiary/aromatic N) is 1. The molecule has 0 aliphatic carbocycles. The zero-order chi connectivity index (χ0) is 14.4. The fourth-order valence-electron chi connectivity index (χ4n) is 1.66. The van der Waals surface area contributed by atoms with Crippen molar-refractivity contribution in [2.45, 2.75) is 13.5 Å². The zero-order valence-electron chi connectivity index (χ0n) is 11.1. The molecule has 2 rings (SSSR count). The molecule has 0 fully saturated rings. The number of pyridine rings is 1. The van der Waals surface area contributed by atoms with Crippen LogP contribution in [-0.4, -0.2) is 17.6 Å². The number of esters is 1. The maximum absolute atomic E-state index is 11.5. The lowest BCUT2D eigenvalue weighted by molar-refractivity contribution is 0.0526. The van der Waals surface area contributed by atoms with Crippen molar-refractivity contribution in [2.24, 2.45) is 0 Å². The average molecular weight is 335 g/mol. The van der Waals surface area contributed by atoms with Crippen molar-refractivity contribution in [3.8, 4) is 0 Å². The lowest BCUT2D eigenvalue weighted by Gasteiger charge is -2.08. The highest BCUT2D eigenvalue weighted by atomic mass is 79.9. The predicted molar refractivity (Wildman–Crippen MR) is 81.7 cm³/mol. The summed E-state index contributed by atoms with van der Waals surface area (Å²) in [6.07, 6.45) is 1.51. The van der Waals surface area contributed by atoms with Gasteiger partial charge < -0.3 is 10.1 Å². The highest BCUT2D eigenvalue weighted by Gasteiger charge is 2.06. The van der Waals surface area contributed by atoms with Crippen molar-refractivity contribution in [3.05, 3.63) is 58.2 Å². The molecule has 0 atom stereocenters. The average Bonchev–Trinajstić information content (AvgIpc) is 2.47. The van der Waals surface area contributed by atoms with Crippen LogP contribution in [0.3, 0.4) is 0 Å². The van der Waals surface area contributed by atoms with Gasteiger partial charge >= 0.3 is 5.97 Å². The van der Waals surface area contributed by atoms with Gasteiger partial charge in [0.2, 0.25) is 0 Å². The molecule has 2 aromatic rings. The standard InChI is InChI=1S/C15H15BrN2O2/c1-2-20-15(19)12-7-8-14(18-10-12)17-9-11-5-3-4-6-13(11)16/h3-8,10H,2,9H2,1H3,(H,17,18). The van der Waals surface area contributed by atoms with E-state index in [2.05, 4.69) is 26.2 Å². The van der Waals surface area contributed by atoms with E-state index in [0.717, 1.165) is 10.0 Å². The fraction of sp³-hybridized carbons (Fsp3) is 0.200. The number of nitrogens with one attached hydrogen (secondary N) is 1. The van der Waals surface area contributed by atoms with Gasteiger partial charge in [0.25, 0.3) is 0 Å². The van der Waals surface area contributed by atoms with Crippen LogP contribution in [0.2, 0.25) is 0 Å². The highest BCUT2D eigenvalue weighted by Crippen LogP contribution is 2.17. The van der Waals surface area contributed by atoms with Crippen molar-refractivity contribution in [1.82, 2.24) is 4.98 Å². The van der Waals surface area contributed by atoms with Gasteiger partial charge in [-0.2, -0.15) is 0 Å². The van der Waals surface area contributed by atoms with E-state index in [9.17, 15) is 4.79 Å². The Morgan fingerprint density at radius 3 is 2.75 bits per heavy atom. The maximum Gasteiger partial charge on any atom is 0.339 e. The molecule has 0 amide bonds. The predicted octanol–water partition coefficient (Wildman–Crippen LogP) is 3.63. The third-order valence-electron chi connectivity index (χ3n) is 2.69. The monoisotopic (exact) mass is 334 g/mol. The molecule has 4 nitrogen and oxygen atoms in total. The van der Waals surface area contributed by atoms with Crippen molar-refractivity contribution in [1.29, 1.82) is 0 Å². The Bertz CT molecular complexity index is 585. The number of ether oxygens (including phenoxy) is 1. The SMILES string of the molecule is CCOC(=O)c1ccc(NCc2ccccc2Br)nc1. The van der Waals surface area contributed by atoms with E-state index in [0.29, 0.717) is 24.5 Å². The van der Waals surface area contributed by atoms with Crippen molar-refractivity contribution < 1.29 is 9.53 Å². The Morgan fingerprint density at radius 2 is 2.10 bits per heavy atom. The number of rotatable bonds is 5. The Balaban J connectivity index is 1.98.